The van der Waals surface area contributed by atoms with Crippen LogP contribution in [-0.2, 0) is 6.54 Å². The molecule has 0 radical (unpaired) electrons. The molecular formula is C26H34N2O3. The molecule has 2 aliphatic rings. The highest BCUT2D eigenvalue weighted by Crippen LogP contribution is 2.41. The van der Waals surface area contributed by atoms with Gasteiger partial charge in [0, 0.05) is 36.7 Å². The van der Waals surface area contributed by atoms with Crippen molar-refractivity contribution in [1.29, 1.82) is 0 Å². The van der Waals surface area contributed by atoms with Crippen LogP contribution < -0.4 is 14.8 Å². The van der Waals surface area contributed by atoms with Crippen molar-refractivity contribution < 1.29 is 14.3 Å². The zero-order valence-electron chi connectivity index (χ0n) is 19.1. The molecule has 2 aromatic rings. The van der Waals surface area contributed by atoms with Crippen LogP contribution in [0, 0.1) is 5.92 Å². The Balaban J connectivity index is 1.44. The number of rotatable bonds is 5. The Kier molecular flexibility index (Phi) is 6.24. The summed E-state index contributed by atoms with van der Waals surface area (Å²) in [5.41, 5.74) is 2.57. The maximum atomic E-state index is 13.0. The number of carbonyl (C=O) groups is 1. The summed E-state index contributed by atoms with van der Waals surface area (Å²) in [4.78, 5) is 15.5. The highest BCUT2D eigenvalue weighted by atomic mass is 16.5. The summed E-state index contributed by atoms with van der Waals surface area (Å²) in [7, 11) is 1.64. The number of ether oxygens (including phenoxy) is 2. The van der Waals surface area contributed by atoms with E-state index in [1.807, 2.05) is 44.2 Å². The zero-order chi connectivity index (χ0) is 22.0. The number of carbonyl (C=O) groups excluding carboxylic acids is 1. The van der Waals surface area contributed by atoms with Gasteiger partial charge < -0.3 is 14.8 Å². The van der Waals surface area contributed by atoms with Gasteiger partial charge in [-0.05, 0) is 69.0 Å². The lowest BCUT2D eigenvalue weighted by Crippen LogP contribution is -2.41. The van der Waals surface area contributed by atoms with Crippen molar-refractivity contribution in [2.45, 2.75) is 58.2 Å². The topological polar surface area (TPSA) is 50.8 Å². The molecule has 0 saturated carbocycles. The summed E-state index contributed by atoms with van der Waals surface area (Å²) in [6, 6.07) is 13.7. The first kappa shape index (κ1) is 21.7. The molecule has 0 aliphatic carbocycles. The SMILES string of the molecule is COc1ccc2c(c1)OC(C)(C)C[C@@H]2NC(=O)c1ccc(CN2CCC[C@H](C)C2)cc1. The normalized spacial score (nSPS) is 22.8. The molecule has 2 aliphatic heterocycles. The van der Waals surface area contributed by atoms with Crippen LogP contribution in [0.1, 0.15) is 67.6 Å². The van der Waals surface area contributed by atoms with Gasteiger partial charge >= 0.3 is 0 Å². The van der Waals surface area contributed by atoms with Gasteiger partial charge in [0.1, 0.15) is 17.1 Å². The lowest BCUT2D eigenvalue weighted by atomic mass is 9.89. The standard InChI is InChI=1S/C26H34N2O3/c1-18-6-5-13-28(16-18)17-19-7-9-20(10-8-19)25(29)27-23-15-26(2,3)31-24-14-21(30-4)11-12-22(23)24/h7-12,14,18,23H,5-6,13,15-17H2,1-4H3,(H,27,29)/t18-,23-/m0/s1. The molecule has 1 amide bonds. The molecule has 2 atom stereocenters. The average molecular weight is 423 g/mol. The molecule has 0 spiro atoms. The maximum Gasteiger partial charge on any atom is 0.251 e. The second kappa shape index (κ2) is 8.91. The Morgan fingerprint density at radius 2 is 2.00 bits per heavy atom. The number of nitrogens with zero attached hydrogens (tertiary/aromatic N) is 1. The lowest BCUT2D eigenvalue weighted by Gasteiger charge is -2.38. The van der Waals surface area contributed by atoms with E-state index in [1.54, 1.807) is 7.11 Å². The van der Waals surface area contributed by atoms with E-state index in [1.165, 1.54) is 18.4 Å². The van der Waals surface area contributed by atoms with Gasteiger partial charge in [-0.2, -0.15) is 0 Å². The van der Waals surface area contributed by atoms with E-state index in [-0.39, 0.29) is 17.6 Å². The molecule has 1 fully saturated rings. The summed E-state index contributed by atoms with van der Waals surface area (Å²) in [5, 5.41) is 3.22. The molecule has 5 nitrogen and oxygen atoms in total. The Bertz CT molecular complexity index is 923. The van der Waals surface area contributed by atoms with E-state index in [0.717, 1.165) is 42.6 Å². The number of hydrogen-bond donors (Lipinski definition) is 1. The molecule has 31 heavy (non-hydrogen) atoms. The van der Waals surface area contributed by atoms with Crippen molar-refractivity contribution in [2.75, 3.05) is 20.2 Å². The lowest BCUT2D eigenvalue weighted by molar-refractivity contribution is 0.0617. The number of fused-ring (bicyclic) bond motifs is 1. The van der Waals surface area contributed by atoms with Crippen LogP contribution in [0.15, 0.2) is 42.5 Å². The number of likely N-dealkylation sites (tertiary alicyclic amines) is 1. The van der Waals surface area contributed by atoms with Gasteiger partial charge in [-0.1, -0.05) is 19.1 Å². The summed E-state index contributed by atoms with van der Waals surface area (Å²) in [6.07, 6.45) is 3.31. The third-order valence-corrected chi connectivity index (χ3v) is 6.35. The third kappa shape index (κ3) is 5.21. The van der Waals surface area contributed by atoms with Gasteiger partial charge in [0.2, 0.25) is 0 Å². The van der Waals surface area contributed by atoms with Crippen LogP contribution in [0.5, 0.6) is 11.5 Å². The number of benzene rings is 2. The second-order valence-electron chi connectivity index (χ2n) is 9.68. The highest BCUT2D eigenvalue weighted by Gasteiger charge is 2.35. The Morgan fingerprint density at radius 1 is 1.23 bits per heavy atom. The van der Waals surface area contributed by atoms with E-state index >= 15 is 0 Å². The van der Waals surface area contributed by atoms with Crippen LogP contribution in [-0.4, -0.2) is 36.6 Å². The van der Waals surface area contributed by atoms with Gasteiger partial charge in [-0.25, -0.2) is 0 Å². The zero-order valence-corrected chi connectivity index (χ0v) is 19.1. The van der Waals surface area contributed by atoms with Gasteiger partial charge in [-0.3, -0.25) is 9.69 Å². The minimum absolute atomic E-state index is 0.0531. The summed E-state index contributed by atoms with van der Waals surface area (Å²) < 4.78 is 11.5. The summed E-state index contributed by atoms with van der Waals surface area (Å²) in [5.74, 6) is 2.24. The van der Waals surface area contributed by atoms with Gasteiger partial charge in [0.05, 0.1) is 13.2 Å². The van der Waals surface area contributed by atoms with Crippen molar-refractivity contribution in [3.63, 3.8) is 0 Å². The fourth-order valence-electron chi connectivity index (χ4n) is 4.78. The molecular weight excluding hydrogens is 388 g/mol. The predicted octanol–water partition coefficient (Wildman–Crippen LogP) is 4.96. The smallest absolute Gasteiger partial charge is 0.251 e. The fourth-order valence-corrected chi connectivity index (χ4v) is 4.78. The van der Waals surface area contributed by atoms with Crippen LogP contribution in [0.3, 0.4) is 0 Å². The summed E-state index contributed by atoms with van der Waals surface area (Å²) >= 11 is 0. The van der Waals surface area contributed by atoms with Crippen molar-refractivity contribution in [1.82, 2.24) is 10.2 Å². The van der Waals surface area contributed by atoms with E-state index in [2.05, 4.69) is 29.3 Å². The number of nitrogens with one attached hydrogen (secondary N) is 1. The largest absolute Gasteiger partial charge is 0.497 e. The highest BCUT2D eigenvalue weighted by molar-refractivity contribution is 5.94. The Labute approximate surface area is 185 Å². The number of methoxy groups -OCH3 is 1. The van der Waals surface area contributed by atoms with Crippen LogP contribution in [0.2, 0.25) is 0 Å². The predicted molar refractivity (Wildman–Crippen MR) is 123 cm³/mol. The molecule has 166 valence electrons. The monoisotopic (exact) mass is 422 g/mol. The molecule has 4 rings (SSSR count). The Hall–Kier alpha value is -2.53. The van der Waals surface area contributed by atoms with Crippen molar-refractivity contribution >= 4 is 5.91 Å². The molecule has 2 heterocycles. The Morgan fingerprint density at radius 3 is 2.71 bits per heavy atom. The molecule has 1 N–H and O–H groups in total. The van der Waals surface area contributed by atoms with Crippen LogP contribution >= 0.6 is 0 Å². The summed E-state index contributed by atoms with van der Waals surface area (Å²) in [6.45, 7) is 9.69. The maximum absolute atomic E-state index is 13.0. The van der Waals surface area contributed by atoms with Crippen molar-refractivity contribution in [2.24, 2.45) is 5.92 Å². The first-order valence-electron chi connectivity index (χ1n) is 11.3. The van der Waals surface area contributed by atoms with Gasteiger partial charge in [0.15, 0.2) is 0 Å². The third-order valence-electron chi connectivity index (χ3n) is 6.35. The average Bonchev–Trinajstić information content (AvgIpc) is 2.73. The van der Waals surface area contributed by atoms with Crippen LogP contribution in [0.25, 0.3) is 0 Å². The van der Waals surface area contributed by atoms with E-state index in [4.69, 9.17) is 9.47 Å². The van der Waals surface area contributed by atoms with Crippen LogP contribution in [0.4, 0.5) is 0 Å². The van der Waals surface area contributed by atoms with E-state index < -0.39 is 0 Å². The number of hydrogen-bond acceptors (Lipinski definition) is 4. The minimum Gasteiger partial charge on any atom is -0.497 e. The second-order valence-corrected chi connectivity index (χ2v) is 9.68. The molecule has 0 bridgehead atoms. The fraction of sp³-hybridized carbons (Fsp3) is 0.500. The van der Waals surface area contributed by atoms with E-state index in [0.29, 0.717) is 12.0 Å². The van der Waals surface area contributed by atoms with Gasteiger partial charge in [0.25, 0.3) is 5.91 Å². The van der Waals surface area contributed by atoms with Crippen molar-refractivity contribution in [3.05, 3.63) is 59.2 Å². The first-order valence-corrected chi connectivity index (χ1v) is 11.3. The molecule has 5 heteroatoms. The molecule has 0 unspecified atom stereocenters. The van der Waals surface area contributed by atoms with Gasteiger partial charge in [-0.15, -0.1) is 0 Å². The van der Waals surface area contributed by atoms with Crippen molar-refractivity contribution in [3.8, 4) is 11.5 Å². The molecule has 1 saturated heterocycles. The molecule has 2 aromatic carbocycles. The molecule has 0 aromatic heterocycles. The van der Waals surface area contributed by atoms with E-state index in [9.17, 15) is 4.79 Å². The minimum atomic E-state index is -0.368. The first-order chi connectivity index (χ1) is 14.8. The number of amides is 1. The number of piperidine rings is 1. The quantitative estimate of drug-likeness (QED) is 0.740.